The minimum Gasteiger partial charge on any atom is -0.504 e. The van der Waals surface area contributed by atoms with Crippen LogP contribution in [0.3, 0.4) is 0 Å². The molecule has 0 spiro atoms. The molecule has 0 radical (unpaired) electrons. The van der Waals surface area contributed by atoms with E-state index in [9.17, 15) is 5.11 Å². The lowest BCUT2D eigenvalue weighted by atomic mass is 10.2. The van der Waals surface area contributed by atoms with E-state index in [0.717, 1.165) is 5.56 Å². The third-order valence-corrected chi connectivity index (χ3v) is 2.39. The van der Waals surface area contributed by atoms with Crippen molar-refractivity contribution < 1.29 is 9.84 Å². The maximum atomic E-state index is 9.57. The van der Waals surface area contributed by atoms with E-state index < -0.39 is 0 Å². The molecule has 0 unspecified atom stereocenters. The van der Waals surface area contributed by atoms with E-state index in [4.69, 9.17) is 4.74 Å². The van der Waals surface area contributed by atoms with Gasteiger partial charge in [0.15, 0.2) is 11.5 Å². The smallest absolute Gasteiger partial charge is 0.161 e. The molecule has 0 atom stereocenters. The number of aromatic hydroxyl groups is 1. The van der Waals surface area contributed by atoms with E-state index >= 15 is 0 Å². The zero-order chi connectivity index (χ0) is 12.1. The van der Waals surface area contributed by atoms with Gasteiger partial charge in [-0.3, -0.25) is 4.68 Å². The number of hydrogen-bond donors (Lipinski definition) is 2. The number of aromatic nitrogens is 1. The second kappa shape index (κ2) is 5.30. The van der Waals surface area contributed by atoms with Crippen LogP contribution in [0.15, 0.2) is 42.7 Å². The van der Waals surface area contributed by atoms with Crippen LogP contribution < -0.4 is 10.2 Å². The van der Waals surface area contributed by atoms with Crippen LogP contribution in [0.2, 0.25) is 0 Å². The summed E-state index contributed by atoms with van der Waals surface area (Å²) in [6.45, 7) is 3.11. The highest BCUT2D eigenvalue weighted by atomic mass is 16.5. The first-order chi connectivity index (χ1) is 8.29. The molecule has 1 aromatic heterocycles. The van der Waals surface area contributed by atoms with Crippen molar-refractivity contribution in [3.8, 4) is 11.5 Å². The molecule has 90 valence electrons. The molecular formula is C13H16N2O2. The number of ether oxygens (including phenoxy) is 1. The number of phenolic OH excluding ortho intramolecular Hbond substituents is 1. The van der Waals surface area contributed by atoms with Crippen molar-refractivity contribution in [1.82, 2.24) is 4.68 Å². The molecule has 2 aromatic rings. The van der Waals surface area contributed by atoms with Crippen molar-refractivity contribution in [2.45, 2.75) is 13.5 Å². The van der Waals surface area contributed by atoms with Gasteiger partial charge in [0.1, 0.15) is 0 Å². The maximum Gasteiger partial charge on any atom is 0.161 e. The van der Waals surface area contributed by atoms with Gasteiger partial charge in [0.05, 0.1) is 13.2 Å². The topological polar surface area (TPSA) is 46.4 Å². The molecule has 0 bridgehead atoms. The molecule has 2 rings (SSSR count). The summed E-state index contributed by atoms with van der Waals surface area (Å²) in [4.78, 5) is 0. The summed E-state index contributed by atoms with van der Waals surface area (Å²) in [5.74, 6) is 0.705. The number of rotatable bonds is 5. The first-order valence-electron chi connectivity index (χ1n) is 5.61. The summed E-state index contributed by atoms with van der Waals surface area (Å²) in [5.41, 5.74) is 4.26. The molecule has 0 saturated carbocycles. The van der Waals surface area contributed by atoms with Crippen LogP contribution in [-0.2, 0) is 6.54 Å². The average Bonchev–Trinajstić information content (AvgIpc) is 2.83. The number of hydrogen-bond acceptors (Lipinski definition) is 3. The van der Waals surface area contributed by atoms with E-state index in [1.807, 2.05) is 48.3 Å². The van der Waals surface area contributed by atoms with Crippen LogP contribution in [0.1, 0.15) is 12.5 Å². The molecular weight excluding hydrogens is 216 g/mol. The van der Waals surface area contributed by atoms with Crippen molar-refractivity contribution in [2.75, 3.05) is 12.0 Å². The molecule has 0 aliphatic rings. The largest absolute Gasteiger partial charge is 0.504 e. The Labute approximate surface area is 100 Å². The average molecular weight is 232 g/mol. The quantitative estimate of drug-likeness (QED) is 0.831. The first kappa shape index (κ1) is 11.4. The van der Waals surface area contributed by atoms with Gasteiger partial charge in [-0.2, -0.15) is 0 Å². The van der Waals surface area contributed by atoms with Crippen LogP contribution in [0, 0.1) is 0 Å². The zero-order valence-corrected chi connectivity index (χ0v) is 9.76. The second-order valence-electron chi connectivity index (χ2n) is 3.66. The lowest BCUT2D eigenvalue weighted by molar-refractivity contribution is 0.318. The molecule has 0 amide bonds. The summed E-state index contributed by atoms with van der Waals surface area (Å²) in [6, 6.07) is 9.27. The Morgan fingerprint density at radius 1 is 1.29 bits per heavy atom. The maximum absolute atomic E-state index is 9.57. The highest BCUT2D eigenvalue weighted by Gasteiger charge is 2.03. The Kier molecular flexibility index (Phi) is 3.55. The summed E-state index contributed by atoms with van der Waals surface area (Å²) < 4.78 is 7.21. The van der Waals surface area contributed by atoms with Gasteiger partial charge in [-0.05, 0) is 36.8 Å². The van der Waals surface area contributed by atoms with Gasteiger partial charge in [-0.1, -0.05) is 6.07 Å². The normalized spacial score (nSPS) is 10.2. The highest BCUT2D eigenvalue weighted by Crippen LogP contribution is 2.26. The molecule has 2 N–H and O–H groups in total. The molecule has 1 aromatic carbocycles. The lowest BCUT2D eigenvalue weighted by Crippen LogP contribution is -2.11. The molecule has 0 aliphatic heterocycles. The predicted molar refractivity (Wildman–Crippen MR) is 66.8 cm³/mol. The Bertz CT molecular complexity index is 466. The molecule has 0 saturated heterocycles. The van der Waals surface area contributed by atoms with E-state index in [2.05, 4.69) is 5.43 Å². The SMILES string of the molecule is CCOc1cc(CNn2cccc2)ccc1O. The standard InChI is InChI=1S/C13H16N2O2/c1-2-17-13-9-11(5-6-12(13)16)10-14-15-7-3-4-8-15/h3-9,14,16H,2,10H2,1H3. The van der Waals surface area contributed by atoms with Crippen LogP contribution in [0.25, 0.3) is 0 Å². The molecule has 0 aliphatic carbocycles. The van der Waals surface area contributed by atoms with E-state index in [1.54, 1.807) is 6.07 Å². The minimum absolute atomic E-state index is 0.177. The van der Waals surface area contributed by atoms with E-state index in [1.165, 1.54) is 0 Å². The van der Waals surface area contributed by atoms with E-state index in [-0.39, 0.29) is 5.75 Å². The zero-order valence-electron chi connectivity index (χ0n) is 9.76. The van der Waals surface area contributed by atoms with Crippen LogP contribution in [0.4, 0.5) is 0 Å². The van der Waals surface area contributed by atoms with E-state index in [0.29, 0.717) is 18.9 Å². The fourth-order valence-electron chi connectivity index (χ4n) is 1.56. The second-order valence-corrected chi connectivity index (χ2v) is 3.66. The van der Waals surface area contributed by atoms with Gasteiger partial charge in [-0.25, -0.2) is 0 Å². The predicted octanol–water partition coefficient (Wildman–Crippen LogP) is 2.34. The van der Waals surface area contributed by atoms with Crippen molar-refractivity contribution in [2.24, 2.45) is 0 Å². The Balaban J connectivity index is 2.03. The third kappa shape index (κ3) is 2.93. The van der Waals surface area contributed by atoms with Crippen molar-refractivity contribution in [1.29, 1.82) is 0 Å². The Hall–Kier alpha value is -2.10. The number of nitrogens with one attached hydrogen (secondary N) is 1. The summed E-state index contributed by atoms with van der Waals surface area (Å²) in [5, 5.41) is 9.57. The molecule has 17 heavy (non-hydrogen) atoms. The van der Waals surface area contributed by atoms with Gasteiger partial charge in [-0.15, -0.1) is 0 Å². The van der Waals surface area contributed by atoms with Crippen LogP contribution in [-0.4, -0.2) is 16.4 Å². The van der Waals surface area contributed by atoms with Gasteiger partial charge < -0.3 is 15.3 Å². The first-order valence-corrected chi connectivity index (χ1v) is 5.61. The highest BCUT2D eigenvalue weighted by molar-refractivity contribution is 5.42. The van der Waals surface area contributed by atoms with Crippen molar-refractivity contribution >= 4 is 0 Å². The fraction of sp³-hybridized carbons (Fsp3) is 0.231. The summed E-state index contributed by atoms with van der Waals surface area (Å²) >= 11 is 0. The van der Waals surface area contributed by atoms with Crippen LogP contribution >= 0.6 is 0 Å². The molecule has 1 heterocycles. The molecule has 0 fully saturated rings. The minimum atomic E-state index is 0.177. The summed E-state index contributed by atoms with van der Waals surface area (Å²) in [7, 11) is 0. The van der Waals surface area contributed by atoms with Gasteiger partial charge >= 0.3 is 0 Å². The number of nitrogens with zero attached hydrogens (tertiary/aromatic N) is 1. The fourth-order valence-corrected chi connectivity index (χ4v) is 1.56. The van der Waals surface area contributed by atoms with Gasteiger partial charge in [0.25, 0.3) is 0 Å². The number of phenols is 1. The number of benzene rings is 1. The van der Waals surface area contributed by atoms with Gasteiger partial charge in [0, 0.05) is 12.4 Å². The van der Waals surface area contributed by atoms with Crippen LogP contribution in [0.5, 0.6) is 11.5 Å². The lowest BCUT2D eigenvalue weighted by Gasteiger charge is -2.10. The Morgan fingerprint density at radius 2 is 2.06 bits per heavy atom. The third-order valence-electron chi connectivity index (χ3n) is 2.39. The summed E-state index contributed by atoms with van der Waals surface area (Å²) in [6.07, 6.45) is 3.87. The molecule has 4 heteroatoms. The van der Waals surface area contributed by atoms with Crippen molar-refractivity contribution in [3.05, 3.63) is 48.3 Å². The van der Waals surface area contributed by atoms with Gasteiger partial charge in [0.2, 0.25) is 0 Å². The van der Waals surface area contributed by atoms with Crippen molar-refractivity contribution in [3.63, 3.8) is 0 Å². The molecule has 4 nitrogen and oxygen atoms in total. The monoisotopic (exact) mass is 232 g/mol. The Morgan fingerprint density at radius 3 is 2.76 bits per heavy atom.